The number of nitrogens with one attached hydrogen (secondary N) is 1. The zero-order valence-electron chi connectivity index (χ0n) is 11.1. The Hall–Kier alpha value is -1.82. The minimum atomic E-state index is -0.791. The van der Waals surface area contributed by atoms with Crippen molar-refractivity contribution >= 4 is 38.8 Å². The number of hydrogen-bond donors (Lipinski definition) is 2. The highest BCUT2D eigenvalue weighted by Gasteiger charge is 2.31. The number of carboxylic acid groups (broad SMARTS) is 1. The van der Waals surface area contributed by atoms with Crippen molar-refractivity contribution in [1.29, 1.82) is 0 Å². The van der Waals surface area contributed by atoms with E-state index in [0.29, 0.717) is 24.8 Å². The molecule has 1 aromatic carbocycles. The number of hydrogen-bond acceptors (Lipinski definition) is 3. The first-order valence-electron chi connectivity index (χ1n) is 6.75. The zero-order chi connectivity index (χ0) is 15.0. The van der Waals surface area contributed by atoms with Gasteiger partial charge in [0.1, 0.15) is 5.58 Å². The molecule has 1 aliphatic carbocycles. The van der Waals surface area contributed by atoms with E-state index in [9.17, 15) is 9.59 Å². The van der Waals surface area contributed by atoms with Crippen LogP contribution in [-0.2, 0) is 4.79 Å². The fourth-order valence-electron chi connectivity index (χ4n) is 2.72. The number of furan rings is 1. The van der Waals surface area contributed by atoms with Crippen molar-refractivity contribution in [3.63, 3.8) is 0 Å². The van der Waals surface area contributed by atoms with Crippen LogP contribution in [0.15, 0.2) is 33.2 Å². The number of carbonyl (C=O) groups is 2. The van der Waals surface area contributed by atoms with Gasteiger partial charge in [-0.1, -0.05) is 15.9 Å². The van der Waals surface area contributed by atoms with Crippen LogP contribution in [0.3, 0.4) is 0 Å². The molecule has 1 fully saturated rings. The summed E-state index contributed by atoms with van der Waals surface area (Å²) < 4.78 is 6.44. The van der Waals surface area contributed by atoms with Crippen LogP contribution in [0.1, 0.15) is 29.8 Å². The lowest BCUT2D eigenvalue weighted by atomic mass is 10.1. The van der Waals surface area contributed by atoms with Gasteiger partial charge >= 0.3 is 5.97 Å². The average Bonchev–Trinajstić information content (AvgIpc) is 3.04. The van der Waals surface area contributed by atoms with Gasteiger partial charge in [0, 0.05) is 15.9 Å². The van der Waals surface area contributed by atoms with E-state index in [2.05, 4.69) is 21.2 Å². The molecule has 1 heterocycles. The van der Waals surface area contributed by atoms with Crippen LogP contribution in [0, 0.1) is 5.92 Å². The summed E-state index contributed by atoms with van der Waals surface area (Å²) in [6, 6.07) is 7.12. The van der Waals surface area contributed by atoms with Gasteiger partial charge in [-0.05, 0) is 43.5 Å². The van der Waals surface area contributed by atoms with Crippen LogP contribution >= 0.6 is 15.9 Å². The number of fused-ring (bicyclic) bond motifs is 1. The Balaban J connectivity index is 1.71. The minimum absolute atomic E-state index is 0.0986. The van der Waals surface area contributed by atoms with Crippen molar-refractivity contribution in [2.24, 2.45) is 5.92 Å². The second kappa shape index (κ2) is 5.52. The molecule has 1 amide bonds. The van der Waals surface area contributed by atoms with Crippen molar-refractivity contribution in [3.05, 3.63) is 34.5 Å². The second-order valence-corrected chi connectivity index (χ2v) is 6.23. The van der Waals surface area contributed by atoms with Gasteiger partial charge in [-0.3, -0.25) is 9.59 Å². The Kier molecular flexibility index (Phi) is 3.71. The molecule has 1 aromatic heterocycles. The number of carbonyl (C=O) groups excluding carboxylic acids is 1. The molecule has 0 unspecified atom stereocenters. The molecule has 1 saturated carbocycles. The molecule has 2 atom stereocenters. The van der Waals surface area contributed by atoms with E-state index >= 15 is 0 Å². The number of carboxylic acids is 1. The SMILES string of the molecule is O=C(N[C@@H]1CC[C@H](C(=O)O)C1)c1cc2cc(Br)ccc2o1. The lowest BCUT2D eigenvalue weighted by Crippen LogP contribution is -2.33. The standard InChI is InChI=1S/C15H14BrNO4/c16-10-2-4-12-9(5-10)7-13(21-12)14(18)17-11-3-1-8(6-11)15(19)20/h2,4-5,7-8,11H,1,3,6H2,(H,17,18)(H,19,20)/t8-,11+/m0/s1. The molecule has 0 aliphatic heterocycles. The zero-order valence-corrected chi connectivity index (χ0v) is 12.7. The lowest BCUT2D eigenvalue weighted by molar-refractivity contribution is -0.141. The van der Waals surface area contributed by atoms with Crippen LogP contribution < -0.4 is 5.32 Å². The van der Waals surface area contributed by atoms with Crippen LogP contribution in [0.4, 0.5) is 0 Å². The van der Waals surface area contributed by atoms with Crippen molar-refractivity contribution in [3.8, 4) is 0 Å². The number of benzene rings is 1. The fraction of sp³-hybridized carbons (Fsp3) is 0.333. The largest absolute Gasteiger partial charge is 0.481 e. The van der Waals surface area contributed by atoms with E-state index in [1.807, 2.05) is 12.1 Å². The Morgan fingerprint density at radius 2 is 2.10 bits per heavy atom. The Bertz CT molecular complexity index is 709. The summed E-state index contributed by atoms with van der Waals surface area (Å²) >= 11 is 3.37. The third-order valence-electron chi connectivity index (χ3n) is 3.82. The third kappa shape index (κ3) is 2.95. The van der Waals surface area contributed by atoms with Crippen LogP contribution in [0.5, 0.6) is 0 Å². The molecular formula is C15H14BrNO4. The van der Waals surface area contributed by atoms with E-state index in [1.165, 1.54) is 0 Å². The Labute approximate surface area is 129 Å². The molecule has 0 radical (unpaired) electrons. The normalized spacial score (nSPS) is 21.6. The van der Waals surface area contributed by atoms with Crippen molar-refractivity contribution in [1.82, 2.24) is 5.32 Å². The predicted molar refractivity (Wildman–Crippen MR) is 80.1 cm³/mol. The monoisotopic (exact) mass is 351 g/mol. The van der Waals surface area contributed by atoms with Crippen LogP contribution in [-0.4, -0.2) is 23.0 Å². The van der Waals surface area contributed by atoms with Crippen LogP contribution in [0.2, 0.25) is 0 Å². The third-order valence-corrected chi connectivity index (χ3v) is 4.31. The van der Waals surface area contributed by atoms with E-state index < -0.39 is 5.97 Å². The topological polar surface area (TPSA) is 79.5 Å². The quantitative estimate of drug-likeness (QED) is 0.889. The Morgan fingerprint density at radius 3 is 2.81 bits per heavy atom. The number of halogens is 1. The summed E-state index contributed by atoms with van der Waals surface area (Å²) in [7, 11) is 0. The summed E-state index contributed by atoms with van der Waals surface area (Å²) in [4.78, 5) is 23.1. The molecule has 3 rings (SSSR count). The highest BCUT2D eigenvalue weighted by atomic mass is 79.9. The molecule has 0 bridgehead atoms. The molecule has 2 N–H and O–H groups in total. The predicted octanol–water partition coefficient (Wildman–Crippen LogP) is 3.18. The molecule has 2 aromatic rings. The van der Waals surface area contributed by atoms with Gasteiger partial charge in [0.15, 0.2) is 5.76 Å². The fourth-order valence-corrected chi connectivity index (χ4v) is 3.10. The van der Waals surface area contributed by atoms with Crippen molar-refractivity contribution < 1.29 is 19.1 Å². The minimum Gasteiger partial charge on any atom is -0.481 e. The van der Waals surface area contributed by atoms with E-state index in [0.717, 1.165) is 9.86 Å². The maximum Gasteiger partial charge on any atom is 0.306 e. The van der Waals surface area contributed by atoms with Gasteiger partial charge in [0.05, 0.1) is 5.92 Å². The maximum absolute atomic E-state index is 12.2. The first-order chi connectivity index (χ1) is 10.0. The molecule has 21 heavy (non-hydrogen) atoms. The van der Waals surface area contributed by atoms with Gasteiger partial charge in [0.2, 0.25) is 0 Å². The van der Waals surface area contributed by atoms with E-state index in [1.54, 1.807) is 12.1 Å². The lowest BCUT2D eigenvalue weighted by Gasteiger charge is -2.10. The van der Waals surface area contributed by atoms with Gasteiger partial charge in [-0.2, -0.15) is 0 Å². The number of rotatable bonds is 3. The highest BCUT2D eigenvalue weighted by Crippen LogP contribution is 2.27. The molecule has 1 aliphatic rings. The first kappa shape index (κ1) is 14.1. The average molecular weight is 352 g/mol. The van der Waals surface area contributed by atoms with Gasteiger partial charge in [-0.15, -0.1) is 0 Å². The Morgan fingerprint density at radius 1 is 1.29 bits per heavy atom. The molecule has 110 valence electrons. The highest BCUT2D eigenvalue weighted by molar-refractivity contribution is 9.10. The number of aliphatic carboxylic acids is 1. The summed E-state index contributed by atoms with van der Waals surface area (Å²) in [5, 5.41) is 12.7. The summed E-state index contributed by atoms with van der Waals surface area (Å²) in [6.07, 6.45) is 1.77. The first-order valence-corrected chi connectivity index (χ1v) is 7.55. The van der Waals surface area contributed by atoms with Crippen molar-refractivity contribution in [2.75, 3.05) is 0 Å². The molecule has 0 spiro atoms. The van der Waals surface area contributed by atoms with Crippen molar-refractivity contribution in [2.45, 2.75) is 25.3 Å². The summed E-state index contributed by atoms with van der Waals surface area (Å²) in [6.45, 7) is 0. The summed E-state index contributed by atoms with van der Waals surface area (Å²) in [5.41, 5.74) is 0.651. The van der Waals surface area contributed by atoms with E-state index in [-0.39, 0.29) is 23.6 Å². The van der Waals surface area contributed by atoms with Gasteiger partial charge in [0.25, 0.3) is 5.91 Å². The molecule has 6 heteroatoms. The van der Waals surface area contributed by atoms with Crippen LogP contribution in [0.25, 0.3) is 11.0 Å². The maximum atomic E-state index is 12.2. The molecule has 5 nitrogen and oxygen atoms in total. The smallest absolute Gasteiger partial charge is 0.306 e. The van der Waals surface area contributed by atoms with Gasteiger partial charge in [-0.25, -0.2) is 0 Å². The number of amides is 1. The molecule has 0 saturated heterocycles. The molecular weight excluding hydrogens is 338 g/mol. The summed E-state index contributed by atoms with van der Waals surface area (Å²) in [5.74, 6) is -1.19. The van der Waals surface area contributed by atoms with E-state index in [4.69, 9.17) is 9.52 Å². The van der Waals surface area contributed by atoms with Gasteiger partial charge < -0.3 is 14.8 Å². The second-order valence-electron chi connectivity index (χ2n) is 5.31.